The molecule has 3 fully saturated rings. The van der Waals surface area contributed by atoms with E-state index in [1.54, 1.807) is 0 Å². The second-order valence-electron chi connectivity index (χ2n) is 16.7. The van der Waals surface area contributed by atoms with Crippen LogP contribution in [0.1, 0.15) is 123 Å². The van der Waals surface area contributed by atoms with Crippen LogP contribution in [0.25, 0.3) is 0 Å². The minimum atomic E-state index is -0.816. The summed E-state index contributed by atoms with van der Waals surface area (Å²) in [4.78, 5) is 69.7. The molecule has 0 bridgehead atoms. The smallest absolute Gasteiger partial charge is 0.313 e. The number of hydrogen-bond acceptors (Lipinski definition) is 9. The van der Waals surface area contributed by atoms with Gasteiger partial charge in [0.15, 0.2) is 0 Å². The molecular formula is C49H66O10. The summed E-state index contributed by atoms with van der Waals surface area (Å²) in [6.45, 7) is 12.4. The molecule has 2 N–H and O–H groups in total. The largest absolute Gasteiger partial charge is 0.481 e. The van der Waals surface area contributed by atoms with Crippen LogP contribution in [0.4, 0.5) is 0 Å². The Bertz CT molecular complexity index is 1710. The monoisotopic (exact) mass is 814 g/mol. The van der Waals surface area contributed by atoms with E-state index in [0.717, 1.165) is 16.7 Å². The highest BCUT2D eigenvalue weighted by Crippen LogP contribution is 2.45. The summed E-state index contributed by atoms with van der Waals surface area (Å²) < 4.78 is 10.9. The lowest BCUT2D eigenvalue weighted by Crippen LogP contribution is -2.35. The zero-order chi connectivity index (χ0) is 42.9. The number of benzene rings is 3. The summed E-state index contributed by atoms with van der Waals surface area (Å²) in [5.74, 6) is -0.537. The maximum absolute atomic E-state index is 12.4. The zero-order valence-electron chi connectivity index (χ0n) is 35.0. The molecule has 322 valence electrons. The number of carbonyl (C=O) groups excluding carboxylic acids is 5. The number of esters is 2. The van der Waals surface area contributed by atoms with Crippen LogP contribution in [0.5, 0.6) is 0 Å². The van der Waals surface area contributed by atoms with Crippen molar-refractivity contribution in [3.05, 3.63) is 108 Å². The molecule has 3 aromatic carbocycles. The number of hydrogen-bond donors (Lipinski definition) is 2. The van der Waals surface area contributed by atoms with Crippen LogP contribution in [0.3, 0.4) is 0 Å². The molecule has 0 aromatic heterocycles. The molecule has 10 nitrogen and oxygen atoms in total. The number of carboxylic acids is 1. The Hall–Kier alpha value is -4.96. The Morgan fingerprint density at radius 2 is 0.814 bits per heavy atom. The summed E-state index contributed by atoms with van der Waals surface area (Å²) in [6, 6.07) is 28.7. The lowest BCUT2D eigenvalue weighted by atomic mass is 9.76. The Balaban J connectivity index is 0.000000282. The molecule has 3 aliphatic rings. The van der Waals surface area contributed by atoms with Crippen molar-refractivity contribution in [2.45, 2.75) is 127 Å². The molecule has 3 aromatic rings. The third-order valence-corrected chi connectivity index (χ3v) is 12.1. The van der Waals surface area contributed by atoms with E-state index < -0.39 is 22.2 Å². The number of ether oxygens (including phenoxy) is 2. The predicted molar refractivity (Wildman–Crippen MR) is 228 cm³/mol. The minimum absolute atomic E-state index is 0. The number of rotatable bonds is 11. The van der Waals surface area contributed by atoms with Crippen molar-refractivity contribution in [1.82, 2.24) is 0 Å². The maximum atomic E-state index is 12.4. The van der Waals surface area contributed by atoms with E-state index in [2.05, 4.69) is 0 Å². The Labute approximate surface area is 351 Å². The molecule has 2 unspecified atom stereocenters. The van der Waals surface area contributed by atoms with Crippen LogP contribution < -0.4 is 0 Å². The highest BCUT2D eigenvalue weighted by atomic mass is 16.5. The highest BCUT2D eigenvalue weighted by molar-refractivity contribution is 5.92. The van der Waals surface area contributed by atoms with Crippen LogP contribution in [0.2, 0.25) is 0 Å². The molecular weight excluding hydrogens is 749 g/mol. The molecule has 0 amide bonds. The summed E-state index contributed by atoms with van der Waals surface area (Å²) in [5.41, 5.74) is 0.931. The van der Waals surface area contributed by atoms with E-state index in [1.807, 2.05) is 133 Å². The van der Waals surface area contributed by atoms with Gasteiger partial charge in [-0.25, -0.2) is 0 Å². The number of carbonyl (C=O) groups is 6. The lowest BCUT2D eigenvalue weighted by Gasteiger charge is -2.29. The summed E-state index contributed by atoms with van der Waals surface area (Å²) in [5, 5.41) is 17.5. The molecule has 10 heteroatoms. The van der Waals surface area contributed by atoms with Crippen molar-refractivity contribution in [3.63, 3.8) is 0 Å². The van der Waals surface area contributed by atoms with Gasteiger partial charge in [-0.1, -0.05) is 140 Å². The third kappa shape index (κ3) is 13.8. The van der Waals surface area contributed by atoms with Crippen LogP contribution in [-0.2, 0) is 58.1 Å². The van der Waals surface area contributed by atoms with Crippen LogP contribution >= 0.6 is 0 Å². The molecule has 59 heavy (non-hydrogen) atoms. The van der Waals surface area contributed by atoms with Gasteiger partial charge in [0, 0.05) is 38.5 Å². The topological polar surface area (TPSA) is 161 Å². The second kappa shape index (κ2) is 23.6. The van der Waals surface area contributed by atoms with Gasteiger partial charge in [-0.3, -0.25) is 28.8 Å². The number of Topliss-reactive ketones (excluding diaryl/α,β-unsaturated/α-hetero) is 3. The average molecular weight is 815 g/mol. The summed E-state index contributed by atoms with van der Waals surface area (Å²) in [6.07, 6.45) is 4.07. The van der Waals surface area contributed by atoms with E-state index >= 15 is 0 Å². The number of ketones is 3. The number of aliphatic hydroxyl groups is 1. The quantitative estimate of drug-likeness (QED) is 0.178. The van der Waals surface area contributed by atoms with Gasteiger partial charge in [0.2, 0.25) is 0 Å². The van der Waals surface area contributed by atoms with Gasteiger partial charge >= 0.3 is 17.9 Å². The molecule has 6 rings (SSSR count). The SMILES string of the molecule is C.CC(C)C1(C(=O)O)CCC(=O)C1.CC(C)C1(C(=O)OCc2ccccc2)CCC(=O)C1.CC(C)[C@]1(C(=O)OCc2ccccc2)CCC(=O)C1.OCc1ccccc1. The molecule has 0 heterocycles. The van der Waals surface area contributed by atoms with E-state index in [9.17, 15) is 28.8 Å². The van der Waals surface area contributed by atoms with Crippen LogP contribution in [0.15, 0.2) is 91.0 Å². The fourth-order valence-electron chi connectivity index (χ4n) is 7.72. The highest BCUT2D eigenvalue weighted by Gasteiger charge is 2.50. The number of carboxylic acid groups (broad SMARTS) is 1. The zero-order valence-corrected chi connectivity index (χ0v) is 35.0. The summed E-state index contributed by atoms with van der Waals surface area (Å²) >= 11 is 0. The van der Waals surface area contributed by atoms with Gasteiger partial charge in [-0.05, 0) is 53.7 Å². The molecule has 3 saturated carbocycles. The molecule has 0 spiro atoms. The first-order chi connectivity index (χ1) is 27.5. The second-order valence-corrected chi connectivity index (χ2v) is 16.7. The first-order valence-electron chi connectivity index (χ1n) is 20.4. The minimum Gasteiger partial charge on any atom is -0.481 e. The number of aliphatic carboxylic acids is 1. The first kappa shape index (κ1) is 50.2. The Morgan fingerprint density at radius 3 is 1.02 bits per heavy atom. The fraction of sp³-hybridized carbons (Fsp3) is 0.510. The van der Waals surface area contributed by atoms with Crippen molar-refractivity contribution >= 4 is 35.3 Å². The molecule has 3 atom stereocenters. The fourth-order valence-corrected chi connectivity index (χ4v) is 7.72. The van der Waals surface area contributed by atoms with E-state index in [-0.39, 0.29) is 80.7 Å². The van der Waals surface area contributed by atoms with Gasteiger partial charge in [0.05, 0.1) is 22.9 Å². The standard InChI is InChI=1S/2C16H20O3.C9H14O3.C7H8O.CH4/c2*1-12(2)16(9-8-14(17)10-16)15(18)19-11-13-6-4-3-5-7-13;1-6(2)9(8(11)12)4-3-7(10)5-9;8-6-7-4-2-1-3-5-7;/h2*3-7,12H,8-11H2,1-2H3;6H,3-5H2,1-2H3,(H,11,12);1-5,8H,6H2;1H4/t16-;;;;/m0..../s1. The van der Waals surface area contributed by atoms with Gasteiger partial charge in [0.25, 0.3) is 0 Å². The lowest BCUT2D eigenvalue weighted by molar-refractivity contribution is -0.161. The number of aliphatic hydroxyl groups excluding tert-OH is 1. The molecule has 0 aliphatic heterocycles. The van der Waals surface area contributed by atoms with Crippen molar-refractivity contribution in [3.8, 4) is 0 Å². The van der Waals surface area contributed by atoms with Crippen LogP contribution in [-0.4, -0.2) is 45.5 Å². The van der Waals surface area contributed by atoms with Gasteiger partial charge in [0.1, 0.15) is 30.6 Å². The first-order valence-corrected chi connectivity index (χ1v) is 20.4. The Morgan fingerprint density at radius 1 is 0.525 bits per heavy atom. The van der Waals surface area contributed by atoms with Crippen molar-refractivity contribution in [1.29, 1.82) is 0 Å². The van der Waals surface area contributed by atoms with Gasteiger partial charge in [-0.2, -0.15) is 0 Å². The van der Waals surface area contributed by atoms with Crippen molar-refractivity contribution < 1.29 is 48.5 Å². The third-order valence-electron chi connectivity index (χ3n) is 12.1. The molecule has 3 aliphatic carbocycles. The van der Waals surface area contributed by atoms with Crippen molar-refractivity contribution in [2.75, 3.05) is 0 Å². The molecule has 0 saturated heterocycles. The van der Waals surface area contributed by atoms with E-state index in [1.165, 1.54) is 0 Å². The maximum Gasteiger partial charge on any atom is 0.313 e. The van der Waals surface area contributed by atoms with E-state index in [4.69, 9.17) is 19.7 Å². The van der Waals surface area contributed by atoms with Gasteiger partial charge in [-0.15, -0.1) is 0 Å². The Kier molecular flexibility index (Phi) is 20.1. The van der Waals surface area contributed by atoms with Crippen molar-refractivity contribution in [2.24, 2.45) is 34.0 Å². The summed E-state index contributed by atoms with van der Waals surface area (Å²) in [7, 11) is 0. The van der Waals surface area contributed by atoms with Crippen LogP contribution in [0, 0.1) is 34.0 Å². The normalized spacial score (nSPS) is 22.0. The van der Waals surface area contributed by atoms with Gasteiger partial charge < -0.3 is 19.7 Å². The predicted octanol–water partition coefficient (Wildman–Crippen LogP) is 9.53. The molecule has 0 radical (unpaired) electrons. The average Bonchev–Trinajstić information content (AvgIpc) is 3.95. The van der Waals surface area contributed by atoms with E-state index in [0.29, 0.717) is 51.4 Å².